The van der Waals surface area contributed by atoms with Gasteiger partial charge in [0.1, 0.15) is 10.8 Å². The third-order valence-electron chi connectivity index (χ3n) is 2.99. The van der Waals surface area contributed by atoms with Crippen LogP contribution < -0.4 is 9.47 Å². The van der Waals surface area contributed by atoms with Crippen LogP contribution in [0.1, 0.15) is 18.4 Å². The van der Waals surface area contributed by atoms with Gasteiger partial charge >= 0.3 is 11.9 Å². The molecule has 2 aromatic carbocycles. The molecule has 0 amide bonds. The average Bonchev–Trinajstić information content (AvgIpc) is 2.52. The number of carbonyl (C=O) groups excluding carboxylic acids is 2. The molecule has 0 aliphatic rings. The van der Waals surface area contributed by atoms with Gasteiger partial charge in [0.05, 0.1) is 17.9 Å². The van der Waals surface area contributed by atoms with Gasteiger partial charge in [0.25, 0.3) is 0 Å². The maximum absolute atomic E-state index is 11.8. The zero-order chi connectivity index (χ0) is 16.8. The molecule has 0 bridgehead atoms. The Labute approximate surface area is 143 Å². The maximum Gasteiger partial charge on any atom is 0.311 e. The average molecular weight is 353 g/mol. The zero-order valence-corrected chi connectivity index (χ0v) is 13.9. The first-order valence-corrected chi connectivity index (χ1v) is 7.64. The van der Waals surface area contributed by atoms with Gasteiger partial charge in [-0.05, 0) is 30.7 Å². The van der Waals surface area contributed by atoms with E-state index in [1.807, 2.05) is 19.1 Å². The molecule has 0 atom stereocenters. The number of halogens is 2. The molecule has 0 aliphatic carbocycles. The van der Waals surface area contributed by atoms with Gasteiger partial charge in [-0.1, -0.05) is 47.5 Å². The largest absolute Gasteiger partial charge is 0.426 e. The first-order chi connectivity index (χ1) is 11.0. The molecule has 0 saturated carbocycles. The standard InChI is InChI=1S/C17H14Cl2O4/c1-11-5-2-3-7-13(11)22-15(20)9-10-16(21)23-14-8-4-6-12(18)17(14)19/h2-8H,9-10H2,1H3. The zero-order valence-electron chi connectivity index (χ0n) is 12.3. The van der Waals surface area contributed by atoms with E-state index in [2.05, 4.69) is 0 Å². The number of ether oxygens (including phenoxy) is 2. The molecule has 0 spiro atoms. The normalized spacial score (nSPS) is 10.2. The van der Waals surface area contributed by atoms with Gasteiger partial charge in [-0.25, -0.2) is 0 Å². The predicted octanol–water partition coefficient (Wildman–Crippen LogP) is 4.59. The van der Waals surface area contributed by atoms with Crippen molar-refractivity contribution in [2.75, 3.05) is 0 Å². The van der Waals surface area contributed by atoms with E-state index in [4.69, 9.17) is 32.7 Å². The van der Waals surface area contributed by atoms with Crippen LogP contribution in [0.4, 0.5) is 0 Å². The van der Waals surface area contributed by atoms with Crippen LogP contribution in [0.3, 0.4) is 0 Å². The fourth-order valence-electron chi connectivity index (χ4n) is 1.79. The van der Waals surface area contributed by atoms with Gasteiger partial charge in [-0.2, -0.15) is 0 Å². The molecular weight excluding hydrogens is 339 g/mol. The lowest BCUT2D eigenvalue weighted by Crippen LogP contribution is -2.14. The van der Waals surface area contributed by atoms with Crippen molar-refractivity contribution in [3.63, 3.8) is 0 Å². The summed E-state index contributed by atoms with van der Waals surface area (Å²) in [6, 6.07) is 11.9. The lowest BCUT2D eigenvalue weighted by Gasteiger charge is -2.08. The minimum absolute atomic E-state index is 0.0919. The van der Waals surface area contributed by atoms with E-state index in [1.165, 1.54) is 6.07 Å². The predicted molar refractivity (Wildman–Crippen MR) is 88.1 cm³/mol. The van der Waals surface area contributed by atoms with Crippen molar-refractivity contribution in [3.05, 3.63) is 58.1 Å². The van der Waals surface area contributed by atoms with Crippen LogP contribution in [0.5, 0.6) is 11.5 Å². The fourth-order valence-corrected chi connectivity index (χ4v) is 2.12. The maximum atomic E-state index is 11.8. The molecule has 120 valence electrons. The third kappa shape index (κ3) is 4.98. The monoisotopic (exact) mass is 352 g/mol. The van der Waals surface area contributed by atoms with E-state index in [1.54, 1.807) is 24.3 Å². The van der Waals surface area contributed by atoms with Crippen LogP contribution in [-0.4, -0.2) is 11.9 Å². The number of para-hydroxylation sites is 1. The molecule has 0 N–H and O–H groups in total. The lowest BCUT2D eigenvalue weighted by molar-refractivity contribution is -0.140. The van der Waals surface area contributed by atoms with Crippen molar-refractivity contribution in [1.82, 2.24) is 0 Å². The van der Waals surface area contributed by atoms with E-state index in [0.717, 1.165) is 5.56 Å². The number of aryl methyl sites for hydroxylation is 1. The Morgan fingerprint density at radius 1 is 0.870 bits per heavy atom. The molecule has 0 heterocycles. The van der Waals surface area contributed by atoms with Crippen molar-refractivity contribution in [1.29, 1.82) is 0 Å². The van der Waals surface area contributed by atoms with Gasteiger partial charge < -0.3 is 9.47 Å². The summed E-state index contributed by atoms with van der Waals surface area (Å²) in [6.45, 7) is 1.83. The number of rotatable bonds is 5. The summed E-state index contributed by atoms with van der Waals surface area (Å²) >= 11 is 11.8. The Hall–Kier alpha value is -2.04. The van der Waals surface area contributed by atoms with Crippen LogP contribution >= 0.6 is 23.2 Å². The van der Waals surface area contributed by atoms with Gasteiger partial charge in [0.15, 0.2) is 5.75 Å². The highest BCUT2D eigenvalue weighted by Crippen LogP contribution is 2.31. The van der Waals surface area contributed by atoms with Crippen LogP contribution in [0.25, 0.3) is 0 Å². The van der Waals surface area contributed by atoms with Gasteiger partial charge in [-0.3, -0.25) is 9.59 Å². The van der Waals surface area contributed by atoms with E-state index in [-0.39, 0.29) is 28.6 Å². The van der Waals surface area contributed by atoms with Crippen LogP contribution in [-0.2, 0) is 9.59 Å². The Bertz CT molecular complexity index is 728. The van der Waals surface area contributed by atoms with Gasteiger partial charge in [0.2, 0.25) is 0 Å². The molecule has 0 unspecified atom stereocenters. The van der Waals surface area contributed by atoms with E-state index in [9.17, 15) is 9.59 Å². The lowest BCUT2D eigenvalue weighted by atomic mass is 10.2. The molecule has 0 fully saturated rings. The Kier molecular flexibility index (Phi) is 6.02. The first kappa shape index (κ1) is 17.3. The molecule has 6 heteroatoms. The minimum atomic E-state index is -0.587. The summed E-state index contributed by atoms with van der Waals surface area (Å²) in [5.74, 6) is -0.454. The van der Waals surface area contributed by atoms with E-state index in [0.29, 0.717) is 5.75 Å². The second-order valence-corrected chi connectivity index (χ2v) is 5.55. The summed E-state index contributed by atoms with van der Waals surface area (Å²) in [4.78, 5) is 23.5. The molecule has 2 aromatic rings. The third-order valence-corrected chi connectivity index (χ3v) is 3.79. The molecule has 0 saturated heterocycles. The number of esters is 2. The van der Waals surface area contributed by atoms with Crippen molar-refractivity contribution in [2.45, 2.75) is 19.8 Å². The highest BCUT2D eigenvalue weighted by atomic mass is 35.5. The van der Waals surface area contributed by atoms with Crippen molar-refractivity contribution in [2.24, 2.45) is 0 Å². The van der Waals surface area contributed by atoms with Crippen LogP contribution in [0, 0.1) is 6.92 Å². The molecule has 4 nitrogen and oxygen atoms in total. The van der Waals surface area contributed by atoms with Gasteiger partial charge in [0, 0.05) is 0 Å². The Morgan fingerprint density at radius 2 is 1.43 bits per heavy atom. The second kappa shape index (κ2) is 7.99. The summed E-state index contributed by atoms with van der Waals surface area (Å²) in [7, 11) is 0. The fraction of sp³-hybridized carbons (Fsp3) is 0.176. The molecule has 0 radical (unpaired) electrons. The highest BCUT2D eigenvalue weighted by Gasteiger charge is 2.14. The topological polar surface area (TPSA) is 52.6 Å². The summed E-state index contributed by atoms with van der Waals surface area (Å²) in [5, 5.41) is 0.445. The number of benzene rings is 2. The van der Waals surface area contributed by atoms with Crippen LogP contribution in [0.15, 0.2) is 42.5 Å². The summed E-state index contributed by atoms with van der Waals surface area (Å²) < 4.78 is 10.3. The van der Waals surface area contributed by atoms with E-state index < -0.39 is 11.9 Å². The Balaban J connectivity index is 1.86. The number of hydrogen-bond acceptors (Lipinski definition) is 4. The van der Waals surface area contributed by atoms with Gasteiger partial charge in [-0.15, -0.1) is 0 Å². The van der Waals surface area contributed by atoms with Crippen LogP contribution in [0.2, 0.25) is 10.0 Å². The number of hydrogen-bond donors (Lipinski definition) is 0. The molecule has 2 rings (SSSR count). The Morgan fingerprint density at radius 3 is 2.09 bits per heavy atom. The molecule has 0 aliphatic heterocycles. The SMILES string of the molecule is Cc1ccccc1OC(=O)CCC(=O)Oc1cccc(Cl)c1Cl. The van der Waals surface area contributed by atoms with Crippen molar-refractivity contribution >= 4 is 35.1 Å². The summed E-state index contributed by atoms with van der Waals surface area (Å²) in [5.41, 5.74) is 0.842. The van der Waals surface area contributed by atoms with Crippen molar-refractivity contribution in [3.8, 4) is 11.5 Å². The molecule has 23 heavy (non-hydrogen) atoms. The smallest absolute Gasteiger partial charge is 0.311 e. The van der Waals surface area contributed by atoms with Crippen molar-refractivity contribution < 1.29 is 19.1 Å². The number of carbonyl (C=O) groups is 2. The first-order valence-electron chi connectivity index (χ1n) is 6.88. The molecular formula is C17H14Cl2O4. The highest BCUT2D eigenvalue weighted by molar-refractivity contribution is 6.43. The summed E-state index contributed by atoms with van der Waals surface area (Å²) in [6.07, 6.45) is -0.209. The quantitative estimate of drug-likeness (QED) is 0.583. The van der Waals surface area contributed by atoms with E-state index >= 15 is 0 Å². The molecule has 0 aromatic heterocycles. The minimum Gasteiger partial charge on any atom is -0.426 e. The second-order valence-electron chi connectivity index (χ2n) is 4.77.